The number of rotatable bonds is 11. The number of benzene rings is 6. The van der Waals surface area contributed by atoms with Gasteiger partial charge in [0, 0.05) is 49.9 Å². The first-order valence-corrected chi connectivity index (χ1v) is 32.9. The van der Waals surface area contributed by atoms with Gasteiger partial charge in [-0.2, -0.15) is 0 Å². The lowest BCUT2D eigenvalue weighted by Gasteiger charge is -2.05. The monoisotopic (exact) mass is 1140 g/mol. The average molecular weight is 1140 g/mol. The van der Waals surface area contributed by atoms with Crippen LogP contribution in [0.25, 0.3) is 61.0 Å². The van der Waals surface area contributed by atoms with Gasteiger partial charge in [0.1, 0.15) is 0 Å². The van der Waals surface area contributed by atoms with E-state index in [-0.39, 0.29) is 0 Å². The molecule has 0 atom stereocenters. The minimum Gasteiger partial charge on any atom is -0.0902 e. The van der Waals surface area contributed by atoms with E-state index in [1.54, 1.807) is 35.3 Å². The third-order valence-corrected chi connectivity index (χ3v) is 24.8. The SMILES string of the molecule is C1=CSC(=Cc2ccc(C3=CS/C(=C/c4ccc(C5=CS/C(=C/c6ccc(C7=CS/C(=C/c8ccc(C9=CS/C(=C/c%10ccc(C%11=CS/C(=C/c%12ccccc%12)S%11)cc%10)S9)cc8)S7)cc6)S5)cc4)S3)cc2)S1. The van der Waals surface area contributed by atoms with Crippen LogP contribution in [0.3, 0.4) is 0 Å². The molecule has 0 saturated carbocycles. The Kier molecular flexibility index (Phi) is 16.1. The van der Waals surface area contributed by atoms with Gasteiger partial charge in [-0.3, -0.25) is 0 Å². The quantitative estimate of drug-likeness (QED) is 0.121. The van der Waals surface area contributed by atoms with Crippen LogP contribution in [-0.4, -0.2) is 0 Å². The lowest BCUT2D eigenvalue weighted by atomic mass is 10.1. The first kappa shape index (κ1) is 49.3. The van der Waals surface area contributed by atoms with Crippen molar-refractivity contribution in [3.05, 3.63) is 276 Å². The molecule has 6 aliphatic heterocycles. The van der Waals surface area contributed by atoms with Crippen LogP contribution in [0.5, 0.6) is 0 Å². The van der Waals surface area contributed by atoms with Gasteiger partial charge in [0.2, 0.25) is 0 Å². The van der Waals surface area contributed by atoms with Crippen molar-refractivity contribution in [2.45, 2.75) is 0 Å². The molecule has 0 aliphatic carbocycles. The van der Waals surface area contributed by atoms with Crippen molar-refractivity contribution in [2.24, 2.45) is 0 Å². The molecule has 0 amide bonds. The lowest BCUT2D eigenvalue weighted by Crippen LogP contribution is -1.81. The van der Waals surface area contributed by atoms with E-state index in [1.807, 2.05) is 106 Å². The lowest BCUT2D eigenvalue weighted by molar-refractivity contribution is 1.62. The molecule has 0 unspecified atom stereocenters. The highest BCUT2D eigenvalue weighted by Gasteiger charge is 2.20. The minimum absolute atomic E-state index is 1.22. The van der Waals surface area contributed by atoms with Crippen molar-refractivity contribution in [1.82, 2.24) is 0 Å². The fourth-order valence-electron chi connectivity index (χ4n) is 7.66. The first-order chi connectivity index (χ1) is 35.5. The molecule has 6 aromatic carbocycles. The van der Waals surface area contributed by atoms with Gasteiger partial charge < -0.3 is 0 Å². The molecule has 0 aromatic heterocycles. The van der Waals surface area contributed by atoms with E-state index >= 15 is 0 Å². The smallest absolute Gasteiger partial charge is 0.0499 e. The number of hydrogen-bond acceptors (Lipinski definition) is 12. The Morgan fingerprint density at radius 3 is 0.681 bits per heavy atom. The Morgan fingerprint density at radius 1 is 0.208 bits per heavy atom. The van der Waals surface area contributed by atoms with Gasteiger partial charge in [-0.1, -0.05) is 293 Å². The molecule has 6 heterocycles. The molecule has 72 heavy (non-hydrogen) atoms. The average Bonchev–Trinajstić information content (AvgIpc) is 4.30. The minimum atomic E-state index is 1.22. The van der Waals surface area contributed by atoms with Crippen molar-refractivity contribution in [3.63, 3.8) is 0 Å². The van der Waals surface area contributed by atoms with Crippen molar-refractivity contribution >= 4 is 202 Å². The summed E-state index contributed by atoms with van der Waals surface area (Å²) < 4.78 is 7.82. The van der Waals surface area contributed by atoms with Gasteiger partial charge >= 0.3 is 0 Å². The van der Waals surface area contributed by atoms with Crippen molar-refractivity contribution in [3.8, 4) is 0 Å². The molecule has 12 heteroatoms. The highest BCUT2D eigenvalue weighted by molar-refractivity contribution is 8.33. The molecule has 6 aliphatic rings. The van der Waals surface area contributed by atoms with E-state index in [0.717, 1.165) is 0 Å². The van der Waals surface area contributed by atoms with Gasteiger partial charge in [-0.15, -0.1) is 0 Å². The predicted molar refractivity (Wildman–Crippen MR) is 347 cm³/mol. The Labute approximate surface area is 473 Å². The molecular formula is C60H38S12. The summed E-state index contributed by atoms with van der Waals surface area (Å²) in [5, 5.41) is 15.7. The normalized spacial score (nSPS) is 20.3. The summed E-state index contributed by atoms with van der Waals surface area (Å²) in [6.07, 6.45) is 13.7. The summed E-state index contributed by atoms with van der Waals surface area (Å²) in [5.74, 6) is 0. The van der Waals surface area contributed by atoms with Crippen LogP contribution < -0.4 is 0 Å². The highest BCUT2D eigenvalue weighted by atomic mass is 32.2. The van der Waals surface area contributed by atoms with Gasteiger partial charge in [0.05, 0.1) is 0 Å². The number of hydrogen-bond donors (Lipinski definition) is 0. The van der Waals surface area contributed by atoms with E-state index in [9.17, 15) is 0 Å². The molecule has 0 nitrogen and oxygen atoms in total. The Hall–Kier alpha value is -3.60. The third kappa shape index (κ3) is 12.6. The van der Waals surface area contributed by atoms with E-state index in [2.05, 4.69) is 226 Å². The second kappa shape index (κ2) is 23.5. The Balaban J connectivity index is 0.591. The van der Waals surface area contributed by atoms with Gasteiger partial charge in [-0.25, -0.2) is 0 Å². The van der Waals surface area contributed by atoms with Crippen molar-refractivity contribution < 1.29 is 0 Å². The molecule has 0 spiro atoms. The predicted octanol–water partition coefficient (Wildman–Crippen LogP) is 22.8. The first-order valence-electron chi connectivity index (χ1n) is 22.6. The third-order valence-electron chi connectivity index (χ3n) is 11.4. The topological polar surface area (TPSA) is 0 Å². The van der Waals surface area contributed by atoms with Crippen LogP contribution in [0, 0.1) is 0 Å². The summed E-state index contributed by atoms with van der Waals surface area (Å²) in [7, 11) is 0. The summed E-state index contributed by atoms with van der Waals surface area (Å²) in [4.78, 5) is 6.50. The van der Waals surface area contributed by atoms with Crippen molar-refractivity contribution in [1.29, 1.82) is 0 Å². The summed E-state index contributed by atoms with van der Waals surface area (Å²) in [6.45, 7) is 0. The maximum atomic E-state index is 2.30. The van der Waals surface area contributed by atoms with E-state index in [1.165, 1.54) is 111 Å². The van der Waals surface area contributed by atoms with E-state index < -0.39 is 0 Å². The van der Waals surface area contributed by atoms with Crippen molar-refractivity contribution in [2.75, 3.05) is 0 Å². The van der Waals surface area contributed by atoms with Gasteiger partial charge in [0.15, 0.2) is 0 Å². The van der Waals surface area contributed by atoms with Crippen LogP contribution in [0.15, 0.2) is 215 Å². The maximum absolute atomic E-state index is 2.30. The summed E-state index contributed by atoms with van der Waals surface area (Å²) in [6, 6.07) is 55.4. The zero-order valence-corrected chi connectivity index (χ0v) is 47.6. The maximum Gasteiger partial charge on any atom is 0.0499 e. The van der Waals surface area contributed by atoms with Crippen LogP contribution >= 0.6 is 141 Å². The molecule has 0 radical (unpaired) electrons. The summed E-state index contributed by atoms with van der Waals surface area (Å²) >= 11 is 21.9. The molecule has 350 valence electrons. The highest BCUT2D eigenvalue weighted by Crippen LogP contribution is 2.54. The Bertz CT molecular complexity index is 3430. The second-order valence-electron chi connectivity index (χ2n) is 16.3. The van der Waals surface area contributed by atoms with Gasteiger partial charge in [0.25, 0.3) is 0 Å². The molecule has 0 N–H and O–H groups in total. The van der Waals surface area contributed by atoms with Gasteiger partial charge in [-0.05, 0) is 136 Å². The zero-order valence-electron chi connectivity index (χ0n) is 37.8. The molecule has 6 aromatic rings. The largest absolute Gasteiger partial charge is 0.0902 e. The fraction of sp³-hybridized carbons (Fsp3) is 0. The van der Waals surface area contributed by atoms with Crippen LogP contribution in [0.2, 0.25) is 0 Å². The van der Waals surface area contributed by atoms with Crippen LogP contribution in [0.4, 0.5) is 0 Å². The molecular weight excluding hydrogens is 1110 g/mol. The second-order valence-corrected chi connectivity index (χ2v) is 29.7. The molecule has 0 fully saturated rings. The molecule has 12 rings (SSSR count). The standard InChI is InChI=1S/C60H38S12/c1-2-4-39(5-3-1)29-56-63-34-50(68-56)46-18-8-41(9-19-46)31-58-65-36-52(70-58)48-22-12-43(13-23-48)33-60-67-38-54(72-60)49-24-14-44(15-25-49)32-59-66-37-53(71-59)47-20-10-42(11-21-47)30-57-64-35-51(69-57)45-16-6-40(7-17-45)28-55-61-26-27-62-55/h1-38H/b56-29-,57-30-,58-31-,59-32-,60-33-. The fourth-order valence-corrected chi connectivity index (χ4v) is 20.2. The molecule has 0 saturated heterocycles. The zero-order chi connectivity index (χ0) is 48.1. The van der Waals surface area contributed by atoms with Crippen LogP contribution in [0.1, 0.15) is 61.2 Å². The molecule has 0 bridgehead atoms. The number of thioether (sulfide) groups is 12. The van der Waals surface area contributed by atoms with Crippen LogP contribution in [-0.2, 0) is 0 Å². The van der Waals surface area contributed by atoms with E-state index in [0.29, 0.717) is 0 Å². The van der Waals surface area contributed by atoms with E-state index in [4.69, 9.17) is 0 Å². The Morgan fingerprint density at radius 2 is 0.431 bits per heavy atom. The summed E-state index contributed by atoms with van der Waals surface area (Å²) in [5.41, 5.74) is 13.7.